The molecule has 1 aromatic carbocycles. The quantitative estimate of drug-likeness (QED) is 0.553. The first-order valence-electron chi connectivity index (χ1n) is 9.12. The van der Waals surface area contributed by atoms with Gasteiger partial charge in [-0.1, -0.05) is 24.3 Å². The van der Waals surface area contributed by atoms with E-state index in [1.54, 1.807) is 28.0 Å². The Kier molecular flexibility index (Phi) is 4.39. The fourth-order valence-electron chi connectivity index (χ4n) is 3.79. The van der Waals surface area contributed by atoms with Crippen LogP contribution in [0, 0.1) is 0 Å². The van der Waals surface area contributed by atoms with Crippen molar-refractivity contribution in [1.82, 2.24) is 14.7 Å². The summed E-state index contributed by atoms with van der Waals surface area (Å²) in [4.78, 5) is 18.9. The number of hydrogen-bond acceptors (Lipinski definition) is 5. The second-order valence-electron chi connectivity index (χ2n) is 6.85. The van der Waals surface area contributed by atoms with Crippen LogP contribution in [-0.4, -0.2) is 9.38 Å². The van der Waals surface area contributed by atoms with Crippen LogP contribution in [0.5, 0.6) is 0 Å². The summed E-state index contributed by atoms with van der Waals surface area (Å²) in [6, 6.07) is 12.9. The summed E-state index contributed by atoms with van der Waals surface area (Å²) < 4.78 is 1.59. The number of nitrogens with one attached hydrogen (secondary N) is 1. The lowest BCUT2D eigenvalue weighted by atomic mass is 10.00. The standard InChI is InChI=1S/C21H19N3OS2/c25-19-12-17(23-21-24(19)8-10-27-21)13-22-20(18-5-2-9-26-18)16-7-6-14-3-1-4-15(14)11-16/h2,5-12,20,22H,1,3-4,13H2/t20-/m1/s1. The number of fused-ring (bicyclic) bond motifs is 2. The number of rotatable bonds is 5. The molecule has 4 aromatic rings. The number of benzene rings is 1. The molecule has 6 heteroatoms. The molecule has 0 saturated carbocycles. The summed E-state index contributed by atoms with van der Waals surface area (Å²) in [5.41, 5.74) is 5.01. The highest BCUT2D eigenvalue weighted by atomic mass is 32.1. The maximum atomic E-state index is 12.2. The molecule has 0 unspecified atom stereocenters. The Morgan fingerprint density at radius 1 is 1.11 bits per heavy atom. The van der Waals surface area contributed by atoms with E-state index < -0.39 is 0 Å². The summed E-state index contributed by atoms with van der Waals surface area (Å²) in [5, 5.41) is 7.63. The van der Waals surface area contributed by atoms with Crippen molar-refractivity contribution in [3.05, 3.63) is 91.0 Å². The summed E-state index contributed by atoms with van der Waals surface area (Å²) in [7, 11) is 0. The molecule has 0 radical (unpaired) electrons. The zero-order valence-electron chi connectivity index (χ0n) is 14.7. The first-order valence-corrected chi connectivity index (χ1v) is 10.9. The molecule has 0 fully saturated rings. The zero-order chi connectivity index (χ0) is 18.2. The minimum Gasteiger partial charge on any atom is -0.300 e. The van der Waals surface area contributed by atoms with Crippen LogP contribution in [0.3, 0.4) is 0 Å². The largest absolute Gasteiger partial charge is 0.300 e. The summed E-state index contributed by atoms with van der Waals surface area (Å²) >= 11 is 3.24. The lowest BCUT2D eigenvalue weighted by Crippen LogP contribution is -2.23. The lowest BCUT2D eigenvalue weighted by molar-refractivity contribution is 0.604. The Balaban J connectivity index is 1.45. The highest BCUT2D eigenvalue weighted by Crippen LogP contribution is 2.30. The van der Waals surface area contributed by atoms with Gasteiger partial charge in [-0.25, -0.2) is 4.98 Å². The van der Waals surface area contributed by atoms with E-state index >= 15 is 0 Å². The zero-order valence-corrected chi connectivity index (χ0v) is 16.4. The van der Waals surface area contributed by atoms with Crippen LogP contribution in [0.1, 0.15) is 39.7 Å². The van der Waals surface area contributed by atoms with Gasteiger partial charge in [0.05, 0.1) is 11.7 Å². The van der Waals surface area contributed by atoms with Gasteiger partial charge in [-0.15, -0.1) is 22.7 Å². The van der Waals surface area contributed by atoms with Crippen molar-refractivity contribution in [2.24, 2.45) is 0 Å². The molecule has 1 aliphatic rings. The van der Waals surface area contributed by atoms with Crippen LogP contribution in [0.15, 0.2) is 58.1 Å². The van der Waals surface area contributed by atoms with Crippen LogP contribution in [0.25, 0.3) is 4.96 Å². The molecule has 4 nitrogen and oxygen atoms in total. The molecule has 1 atom stereocenters. The molecule has 3 heterocycles. The molecular weight excluding hydrogens is 374 g/mol. The number of nitrogens with zero attached hydrogens (tertiary/aromatic N) is 2. The fourth-order valence-corrected chi connectivity index (χ4v) is 5.36. The minimum absolute atomic E-state index is 0.0248. The van der Waals surface area contributed by atoms with E-state index in [4.69, 9.17) is 0 Å². The molecule has 0 bridgehead atoms. The molecule has 1 aliphatic carbocycles. The van der Waals surface area contributed by atoms with Crippen LogP contribution in [-0.2, 0) is 19.4 Å². The molecule has 1 N–H and O–H groups in total. The van der Waals surface area contributed by atoms with Crippen molar-refractivity contribution >= 4 is 27.6 Å². The van der Waals surface area contributed by atoms with Crippen molar-refractivity contribution in [3.63, 3.8) is 0 Å². The van der Waals surface area contributed by atoms with Gasteiger partial charge in [0, 0.05) is 29.1 Å². The molecule has 27 heavy (non-hydrogen) atoms. The molecule has 5 rings (SSSR count). The maximum absolute atomic E-state index is 12.2. The Morgan fingerprint density at radius 2 is 2.04 bits per heavy atom. The van der Waals surface area contributed by atoms with E-state index in [9.17, 15) is 4.79 Å². The van der Waals surface area contributed by atoms with Gasteiger partial charge in [-0.3, -0.25) is 14.5 Å². The number of aromatic nitrogens is 2. The van der Waals surface area contributed by atoms with Crippen LogP contribution in [0.2, 0.25) is 0 Å². The number of thiazole rings is 1. The Labute approximate surface area is 165 Å². The van der Waals surface area contributed by atoms with Crippen molar-refractivity contribution in [2.75, 3.05) is 0 Å². The molecule has 136 valence electrons. The normalized spacial score (nSPS) is 14.5. The second kappa shape index (κ2) is 7.03. The highest BCUT2D eigenvalue weighted by molar-refractivity contribution is 7.15. The summed E-state index contributed by atoms with van der Waals surface area (Å²) in [5.74, 6) is 0. The molecule has 0 spiro atoms. The molecule has 0 amide bonds. The number of thiophene rings is 1. The summed E-state index contributed by atoms with van der Waals surface area (Å²) in [6.07, 6.45) is 5.39. The predicted molar refractivity (Wildman–Crippen MR) is 111 cm³/mol. The van der Waals surface area contributed by atoms with Crippen LogP contribution < -0.4 is 10.9 Å². The number of hydrogen-bond donors (Lipinski definition) is 1. The van der Waals surface area contributed by atoms with E-state index in [1.807, 2.05) is 5.38 Å². The van der Waals surface area contributed by atoms with E-state index in [0.717, 1.165) is 10.7 Å². The molecular formula is C21H19N3OS2. The van der Waals surface area contributed by atoms with Crippen LogP contribution >= 0.6 is 22.7 Å². The van der Waals surface area contributed by atoms with Crippen molar-refractivity contribution < 1.29 is 0 Å². The second-order valence-corrected chi connectivity index (χ2v) is 8.70. The number of aryl methyl sites for hydroxylation is 2. The van der Waals surface area contributed by atoms with Gasteiger partial charge in [-0.05, 0) is 47.4 Å². The third kappa shape index (κ3) is 3.25. The van der Waals surface area contributed by atoms with Gasteiger partial charge in [-0.2, -0.15) is 0 Å². The van der Waals surface area contributed by atoms with Crippen molar-refractivity contribution in [1.29, 1.82) is 0 Å². The Morgan fingerprint density at radius 3 is 2.93 bits per heavy atom. The van der Waals surface area contributed by atoms with Gasteiger partial charge in [0.1, 0.15) is 0 Å². The monoisotopic (exact) mass is 393 g/mol. The SMILES string of the molecule is O=c1cc(CN[C@H](c2ccc3c(c2)CCC3)c2cccs2)nc2sccn12. The molecule has 0 saturated heterocycles. The van der Waals surface area contributed by atoms with Gasteiger partial charge >= 0.3 is 0 Å². The predicted octanol–water partition coefficient (Wildman–Crippen LogP) is 4.19. The van der Waals surface area contributed by atoms with Crippen molar-refractivity contribution in [2.45, 2.75) is 31.8 Å². The average molecular weight is 394 g/mol. The first-order chi connectivity index (χ1) is 13.3. The van der Waals surface area contributed by atoms with E-state index in [2.05, 4.69) is 46.0 Å². The smallest absolute Gasteiger partial charge is 0.258 e. The molecule has 3 aromatic heterocycles. The molecule has 0 aliphatic heterocycles. The highest BCUT2D eigenvalue weighted by Gasteiger charge is 2.19. The van der Waals surface area contributed by atoms with Gasteiger partial charge < -0.3 is 0 Å². The average Bonchev–Trinajstić information content (AvgIpc) is 3.43. The summed E-state index contributed by atoms with van der Waals surface area (Å²) in [6.45, 7) is 0.559. The minimum atomic E-state index is -0.0248. The van der Waals surface area contributed by atoms with Gasteiger partial charge in [0.25, 0.3) is 5.56 Å². The third-order valence-corrected chi connectivity index (χ3v) is 6.82. The first kappa shape index (κ1) is 16.9. The van der Waals surface area contributed by atoms with E-state index in [0.29, 0.717) is 6.54 Å². The maximum Gasteiger partial charge on any atom is 0.258 e. The van der Waals surface area contributed by atoms with E-state index in [1.165, 1.54) is 52.2 Å². The third-order valence-electron chi connectivity index (χ3n) is 5.13. The topological polar surface area (TPSA) is 46.4 Å². The Hall–Kier alpha value is -2.28. The van der Waals surface area contributed by atoms with E-state index in [-0.39, 0.29) is 11.6 Å². The Bertz CT molecular complexity index is 1140. The van der Waals surface area contributed by atoms with Crippen molar-refractivity contribution in [3.8, 4) is 0 Å². The lowest BCUT2D eigenvalue weighted by Gasteiger charge is -2.19. The van der Waals surface area contributed by atoms with Gasteiger partial charge in [0.2, 0.25) is 0 Å². The van der Waals surface area contributed by atoms with Crippen LogP contribution in [0.4, 0.5) is 0 Å². The van der Waals surface area contributed by atoms with Gasteiger partial charge in [0.15, 0.2) is 4.96 Å². The fraction of sp³-hybridized carbons (Fsp3) is 0.238.